The van der Waals surface area contributed by atoms with Crippen LogP contribution in [-0.2, 0) is 9.59 Å². The van der Waals surface area contributed by atoms with Gasteiger partial charge in [0.15, 0.2) is 0 Å². The van der Waals surface area contributed by atoms with Crippen molar-refractivity contribution in [3.05, 3.63) is 60.2 Å². The number of rotatable bonds is 8. The quantitative estimate of drug-likeness (QED) is 0.506. The van der Waals surface area contributed by atoms with Crippen molar-refractivity contribution in [2.24, 2.45) is 5.73 Å². The summed E-state index contributed by atoms with van der Waals surface area (Å²) in [6, 6.07) is 16.2. The largest absolute Gasteiger partial charge is 0.497 e. The van der Waals surface area contributed by atoms with E-state index in [1.807, 2.05) is 30.3 Å². The van der Waals surface area contributed by atoms with Gasteiger partial charge in [-0.05, 0) is 29.8 Å². The summed E-state index contributed by atoms with van der Waals surface area (Å²) < 4.78 is 5.09. The first-order valence-electron chi connectivity index (χ1n) is 7.61. The van der Waals surface area contributed by atoms with Crippen molar-refractivity contribution in [1.82, 2.24) is 5.32 Å². The molecule has 0 fully saturated rings. The number of methoxy groups -OCH3 is 1. The molecule has 0 aliphatic heterocycles. The summed E-state index contributed by atoms with van der Waals surface area (Å²) >= 11 is 0. The topological polar surface area (TPSA) is 93.4 Å². The Labute approximate surface area is 141 Å². The lowest BCUT2D eigenvalue weighted by Crippen LogP contribution is -2.38. The number of primary amides is 1. The second-order valence-corrected chi connectivity index (χ2v) is 5.19. The van der Waals surface area contributed by atoms with Gasteiger partial charge in [-0.1, -0.05) is 30.3 Å². The molecule has 2 amide bonds. The molecule has 2 aromatic rings. The maximum absolute atomic E-state index is 12.2. The Morgan fingerprint density at radius 3 is 2.29 bits per heavy atom. The standard InChI is InChI=1S/C18H21N3O3/c1-24-15-9-7-14(8-10-15)20-11-12-21-18(23)16(17(19)22)13-5-3-2-4-6-13/h2-10,16,20H,11-12H2,1H3,(H2,19,22)(H,21,23). The average molecular weight is 327 g/mol. The molecule has 0 aliphatic rings. The highest BCUT2D eigenvalue weighted by atomic mass is 16.5. The maximum atomic E-state index is 12.2. The Hall–Kier alpha value is -3.02. The van der Waals surface area contributed by atoms with Crippen molar-refractivity contribution in [3.8, 4) is 5.75 Å². The molecule has 0 bridgehead atoms. The number of carbonyl (C=O) groups excluding carboxylic acids is 2. The second-order valence-electron chi connectivity index (χ2n) is 5.19. The van der Waals surface area contributed by atoms with E-state index in [4.69, 9.17) is 10.5 Å². The smallest absolute Gasteiger partial charge is 0.237 e. The summed E-state index contributed by atoms with van der Waals surface area (Å²) in [7, 11) is 1.61. The first-order chi connectivity index (χ1) is 11.6. The molecule has 0 saturated carbocycles. The normalized spacial score (nSPS) is 11.4. The van der Waals surface area contributed by atoms with Crippen LogP contribution in [0.3, 0.4) is 0 Å². The first kappa shape index (κ1) is 17.3. The molecule has 126 valence electrons. The summed E-state index contributed by atoms with van der Waals surface area (Å²) in [5, 5.41) is 5.90. The van der Waals surface area contributed by atoms with Crippen molar-refractivity contribution in [3.63, 3.8) is 0 Å². The van der Waals surface area contributed by atoms with Gasteiger partial charge in [-0.3, -0.25) is 9.59 Å². The summed E-state index contributed by atoms with van der Waals surface area (Å²) in [4.78, 5) is 23.8. The van der Waals surface area contributed by atoms with E-state index < -0.39 is 17.7 Å². The SMILES string of the molecule is COc1ccc(NCCNC(=O)C(C(N)=O)c2ccccc2)cc1. The molecule has 0 aromatic heterocycles. The molecular weight excluding hydrogens is 306 g/mol. The number of nitrogens with one attached hydrogen (secondary N) is 2. The minimum atomic E-state index is -0.979. The molecule has 6 nitrogen and oxygen atoms in total. The number of anilines is 1. The number of hydrogen-bond acceptors (Lipinski definition) is 4. The van der Waals surface area contributed by atoms with E-state index in [9.17, 15) is 9.59 Å². The minimum Gasteiger partial charge on any atom is -0.497 e. The lowest BCUT2D eigenvalue weighted by molar-refractivity contribution is -0.129. The molecule has 1 atom stereocenters. The van der Waals surface area contributed by atoms with E-state index in [0.29, 0.717) is 18.7 Å². The van der Waals surface area contributed by atoms with Crippen LogP contribution in [0.5, 0.6) is 5.75 Å². The third kappa shape index (κ3) is 4.74. The Morgan fingerprint density at radius 2 is 1.71 bits per heavy atom. The van der Waals surface area contributed by atoms with Crippen LogP contribution in [0.1, 0.15) is 11.5 Å². The molecule has 2 rings (SSSR count). The zero-order chi connectivity index (χ0) is 17.4. The number of amides is 2. The summed E-state index contributed by atoms with van der Waals surface area (Å²) in [5.41, 5.74) is 6.87. The van der Waals surface area contributed by atoms with Crippen molar-refractivity contribution in [1.29, 1.82) is 0 Å². The highest BCUT2D eigenvalue weighted by Crippen LogP contribution is 2.16. The molecule has 2 aromatic carbocycles. The van der Waals surface area contributed by atoms with Gasteiger partial charge < -0.3 is 21.1 Å². The van der Waals surface area contributed by atoms with E-state index in [1.54, 1.807) is 31.4 Å². The zero-order valence-corrected chi connectivity index (χ0v) is 13.5. The number of carbonyl (C=O) groups is 2. The lowest BCUT2D eigenvalue weighted by atomic mass is 9.97. The minimum absolute atomic E-state index is 0.376. The molecule has 1 unspecified atom stereocenters. The van der Waals surface area contributed by atoms with Crippen LogP contribution >= 0.6 is 0 Å². The predicted molar refractivity (Wildman–Crippen MR) is 92.9 cm³/mol. The second kappa shape index (κ2) is 8.57. The zero-order valence-electron chi connectivity index (χ0n) is 13.5. The van der Waals surface area contributed by atoms with Gasteiger partial charge in [0.2, 0.25) is 11.8 Å². The number of ether oxygens (including phenoxy) is 1. The van der Waals surface area contributed by atoms with E-state index in [1.165, 1.54) is 0 Å². The van der Waals surface area contributed by atoms with Gasteiger partial charge in [0, 0.05) is 18.8 Å². The van der Waals surface area contributed by atoms with Gasteiger partial charge in [0.25, 0.3) is 0 Å². The maximum Gasteiger partial charge on any atom is 0.237 e. The molecule has 6 heteroatoms. The van der Waals surface area contributed by atoms with Gasteiger partial charge in [0.1, 0.15) is 11.7 Å². The fourth-order valence-electron chi connectivity index (χ4n) is 2.29. The molecule has 0 radical (unpaired) electrons. The molecular formula is C18H21N3O3. The van der Waals surface area contributed by atoms with Gasteiger partial charge in [0.05, 0.1) is 7.11 Å². The van der Waals surface area contributed by atoms with Crippen LogP contribution in [0.25, 0.3) is 0 Å². The average Bonchev–Trinajstić information content (AvgIpc) is 2.60. The molecule has 0 spiro atoms. The molecule has 24 heavy (non-hydrogen) atoms. The Kier molecular flexibility index (Phi) is 6.19. The number of benzene rings is 2. The summed E-state index contributed by atoms with van der Waals surface area (Å²) in [6.45, 7) is 0.903. The van der Waals surface area contributed by atoms with Crippen molar-refractivity contribution >= 4 is 17.5 Å². The van der Waals surface area contributed by atoms with E-state index >= 15 is 0 Å². The molecule has 0 heterocycles. The van der Waals surface area contributed by atoms with E-state index in [2.05, 4.69) is 10.6 Å². The highest BCUT2D eigenvalue weighted by molar-refractivity contribution is 6.05. The highest BCUT2D eigenvalue weighted by Gasteiger charge is 2.25. The third-order valence-electron chi connectivity index (χ3n) is 3.52. The Morgan fingerprint density at radius 1 is 1.04 bits per heavy atom. The fraction of sp³-hybridized carbons (Fsp3) is 0.222. The van der Waals surface area contributed by atoms with Gasteiger partial charge >= 0.3 is 0 Å². The lowest BCUT2D eigenvalue weighted by Gasteiger charge is -2.14. The van der Waals surface area contributed by atoms with Crippen LogP contribution in [0.4, 0.5) is 5.69 Å². The monoisotopic (exact) mass is 327 g/mol. The fourth-order valence-corrected chi connectivity index (χ4v) is 2.29. The molecule has 0 aliphatic carbocycles. The van der Waals surface area contributed by atoms with Crippen molar-refractivity contribution < 1.29 is 14.3 Å². The van der Waals surface area contributed by atoms with Gasteiger partial charge in [-0.25, -0.2) is 0 Å². The predicted octanol–water partition coefficient (Wildman–Crippen LogP) is 1.49. The summed E-state index contributed by atoms with van der Waals surface area (Å²) in [6.07, 6.45) is 0. The van der Waals surface area contributed by atoms with Crippen LogP contribution in [-0.4, -0.2) is 32.0 Å². The summed E-state index contributed by atoms with van der Waals surface area (Å²) in [5.74, 6) is -1.26. The van der Waals surface area contributed by atoms with Crippen LogP contribution < -0.4 is 21.1 Å². The Bertz CT molecular complexity index is 672. The Balaban J connectivity index is 1.83. The van der Waals surface area contributed by atoms with Crippen LogP contribution in [0.15, 0.2) is 54.6 Å². The third-order valence-corrected chi connectivity index (χ3v) is 3.52. The van der Waals surface area contributed by atoms with Crippen LogP contribution in [0.2, 0.25) is 0 Å². The van der Waals surface area contributed by atoms with Crippen LogP contribution in [0, 0.1) is 0 Å². The number of hydrogen-bond donors (Lipinski definition) is 3. The van der Waals surface area contributed by atoms with Gasteiger partial charge in [-0.15, -0.1) is 0 Å². The molecule has 4 N–H and O–H groups in total. The number of nitrogens with two attached hydrogens (primary N) is 1. The van der Waals surface area contributed by atoms with E-state index in [0.717, 1.165) is 11.4 Å². The van der Waals surface area contributed by atoms with Crippen molar-refractivity contribution in [2.75, 3.05) is 25.5 Å². The first-order valence-corrected chi connectivity index (χ1v) is 7.61. The molecule has 0 saturated heterocycles. The van der Waals surface area contributed by atoms with E-state index in [-0.39, 0.29) is 0 Å². The van der Waals surface area contributed by atoms with Crippen molar-refractivity contribution in [2.45, 2.75) is 5.92 Å². The van der Waals surface area contributed by atoms with Gasteiger partial charge in [-0.2, -0.15) is 0 Å².